The number of hydrogen-bond acceptors (Lipinski definition) is 4. The zero-order valence-corrected chi connectivity index (χ0v) is 11.1. The Balaban J connectivity index is 1.69. The largest absolute Gasteiger partial charge is 0.395 e. The summed E-state index contributed by atoms with van der Waals surface area (Å²) in [6.07, 6.45) is 1.66. The van der Waals surface area contributed by atoms with Crippen LogP contribution in [0.4, 0.5) is 0 Å². The van der Waals surface area contributed by atoms with Crippen molar-refractivity contribution < 1.29 is 9.90 Å². The van der Waals surface area contributed by atoms with Gasteiger partial charge in [0.15, 0.2) is 0 Å². The third kappa shape index (κ3) is 2.06. The lowest BCUT2D eigenvalue weighted by molar-refractivity contribution is -0.129. The van der Waals surface area contributed by atoms with Crippen LogP contribution < -0.4 is 0 Å². The zero-order valence-electron chi connectivity index (χ0n) is 10.3. The minimum Gasteiger partial charge on any atom is -0.395 e. The molecule has 2 fully saturated rings. The smallest absolute Gasteiger partial charge is 0.224 e. The molecule has 1 aromatic heterocycles. The molecule has 2 aliphatic heterocycles. The van der Waals surface area contributed by atoms with Gasteiger partial charge >= 0.3 is 0 Å². The van der Waals surface area contributed by atoms with Gasteiger partial charge in [0.05, 0.1) is 6.61 Å². The third-order valence-electron chi connectivity index (χ3n) is 4.04. The monoisotopic (exact) mass is 266 g/mol. The van der Waals surface area contributed by atoms with E-state index < -0.39 is 0 Å². The van der Waals surface area contributed by atoms with Crippen molar-refractivity contribution in [3.05, 3.63) is 22.4 Å². The fourth-order valence-electron chi connectivity index (χ4n) is 3.22. The fourth-order valence-corrected chi connectivity index (χ4v) is 3.88. The number of aliphatic hydroxyl groups excluding tert-OH is 1. The number of rotatable bonds is 4. The lowest BCUT2D eigenvalue weighted by atomic mass is 10.1. The van der Waals surface area contributed by atoms with E-state index >= 15 is 0 Å². The van der Waals surface area contributed by atoms with E-state index in [9.17, 15) is 4.79 Å². The van der Waals surface area contributed by atoms with Gasteiger partial charge in [-0.3, -0.25) is 9.69 Å². The molecule has 98 valence electrons. The van der Waals surface area contributed by atoms with Crippen LogP contribution in [0.2, 0.25) is 0 Å². The minimum absolute atomic E-state index is 0.0689. The van der Waals surface area contributed by atoms with Gasteiger partial charge in [-0.1, -0.05) is 0 Å². The summed E-state index contributed by atoms with van der Waals surface area (Å²) in [6.45, 7) is 2.57. The summed E-state index contributed by atoms with van der Waals surface area (Å²) in [5.41, 5.74) is 1.34. The van der Waals surface area contributed by atoms with E-state index in [1.54, 1.807) is 11.3 Å². The quantitative estimate of drug-likeness (QED) is 0.881. The molecule has 2 aliphatic rings. The number of likely N-dealkylation sites (tertiary alicyclic amines) is 2. The average molecular weight is 266 g/mol. The number of fused-ring (bicyclic) bond motifs is 1. The predicted octanol–water partition coefficient (Wildman–Crippen LogP) is 0.916. The Hall–Kier alpha value is -0.910. The number of amides is 1. The van der Waals surface area contributed by atoms with Crippen molar-refractivity contribution in [2.45, 2.75) is 31.5 Å². The van der Waals surface area contributed by atoms with E-state index in [0.717, 1.165) is 19.5 Å². The molecule has 1 N–H and O–H groups in total. The Morgan fingerprint density at radius 3 is 3.06 bits per heavy atom. The van der Waals surface area contributed by atoms with Crippen molar-refractivity contribution in [3.63, 3.8) is 0 Å². The molecule has 3 rings (SSSR count). The standard InChI is InChI=1S/C13H18N2O2S/c16-5-4-15-11-1-3-14(12(11)7-13(15)17)8-10-2-6-18-9-10/h2,6,9,11-12,16H,1,3-5,7-8H2. The molecule has 18 heavy (non-hydrogen) atoms. The number of nitrogens with zero attached hydrogens (tertiary/aromatic N) is 2. The second-order valence-electron chi connectivity index (χ2n) is 5.04. The topological polar surface area (TPSA) is 43.8 Å². The molecule has 0 spiro atoms. The molecule has 2 atom stereocenters. The molecule has 0 bridgehead atoms. The van der Waals surface area contributed by atoms with Crippen molar-refractivity contribution in [3.8, 4) is 0 Å². The molecule has 4 nitrogen and oxygen atoms in total. The van der Waals surface area contributed by atoms with Crippen molar-refractivity contribution in [1.82, 2.24) is 9.80 Å². The number of thiophene rings is 1. The summed E-state index contributed by atoms with van der Waals surface area (Å²) in [7, 11) is 0. The van der Waals surface area contributed by atoms with Crippen molar-refractivity contribution in [2.75, 3.05) is 19.7 Å². The highest BCUT2D eigenvalue weighted by atomic mass is 32.1. The number of aliphatic hydroxyl groups is 1. The maximum Gasteiger partial charge on any atom is 0.224 e. The van der Waals surface area contributed by atoms with Gasteiger partial charge < -0.3 is 10.0 Å². The van der Waals surface area contributed by atoms with Gasteiger partial charge in [0.2, 0.25) is 5.91 Å². The zero-order chi connectivity index (χ0) is 12.5. The molecule has 2 unspecified atom stereocenters. The third-order valence-corrected chi connectivity index (χ3v) is 4.77. The van der Waals surface area contributed by atoms with E-state index in [4.69, 9.17) is 5.11 Å². The van der Waals surface area contributed by atoms with Crippen LogP contribution in [0.5, 0.6) is 0 Å². The van der Waals surface area contributed by atoms with Crippen molar-refractivity contribution in [2.24, 2.45) is 0 Å². The second-order valence-corrected chi connectivity index (χ2v) is 5.82. The van der Waals surface area contributed by atoms with Crippen LogP contribution in [0.25, 0.3) is 0 Å². The van der Waals surface area contributed by atoms with E-state index in [1.165, 1.54) is 5.56 Å². The molecule has 0 aliphatic carbocycles. The van der Waals surface area contributed by atoms with Gasteiger partial charge in [0, 0.05) is 38.1 Å². The van der Waals surface area contributed by atoms with Crippen LogP contribution >= 0.6 is 11.3 Å². The van der Waals surface area contributed by atoms with Crippen LogP contribution in [0, 0.1) is 0 Å². The Bertz CT molecular complexity index is 421. The molecule has 1 aromatic rings. The first-order valence-electron chi connectivity index (χ1n) is 6.45. The van der Waals surface area contributed by atoms with Gasteiger partial charge in [-0.15, -0.1) is 0 Å². The Labute approximate surface area is 111 Å². The fraction of sp³-hybridized carbons (Fsp3) is 0.615. The summed E-state index contributed by atoms with van der Waals surface area (Å²) in [4.78, 5) is 16.2. The first-order chi connectivity index (χ1) is 8.79. The summed E-state index contributed by atoms with van der Waals surface area (Å²) in [5.74, 6) is 0.203. The molecule has 0 saturated carbocycles. The van der Waals surface area contributed by atoms with Crippen molar-refractivity contribution >= 4 is 17.2 Å². The van der Waals surface area contributed by atoms with Crippen LogP contribution in [0.1, 0.15) is 18.4 Å². The van der Waals surface area contributed by atoms with Gasteiger partial charge in [0.1, 0.15) is 0 Å². The van der Waals surface area contributed by atoms with E-state index in [0.29, 0.717) is 25.0 Å². The summed E-state index contributed by atoms with van der Waals surface area (Å²) in [6, 6.07) is 2.83. The number of hydrogen-bond donors (Lipinski definition) is 1. The Kier molecular flexibility index (Phi) is 3.37. The summed E-state index contributed by atoms with van der Waals surface area (Å²) < 4.78 is 0. The molecular formula is C13H18N2O2S. The molecule has 3 heterocycles. The highest BCUT2D eigenvalue weighted by Crippen LogP contribution is 2.33. The maximum absolute atomic E-state index is 11.9. The maximum atomic E-state index is 11.9. The highest BCUT2D eigenvalue weighted by Gasteiger charge is 2.46. The lowest BCUT2D eigenvalue weighted by Gasteiger charge is -2.24. The first kappa shape index (κ1) is 12.1. The molecule has 2 saturated heterocycles. The van der Waals surface area contributed by atoms with Crippen LogP contribution in [-0.2, 0) is 11.3 Å². The van der Waals surface area contributed by atoms with E-state index in [1.807, 2.05) is 4.90 Å². The van der Waals surface area contributed by atoms with Gasteiger partial charge in [-0.2, -0.15) is 11.3 Å². The Morgan fingerprint density at radius 2 is 2.33 bits per heavy atom. The molecule has 0 aromatic carbocycles. The van der Waals surface area contributed by atoms with E-state index in [-0.39, 0.29) is 12.5 Å². The van der Waals surface area contributed by atoms with Crippen LogP contribution in [-0.4, -0.2) is 52.6 Å². The SMILES string of the molecule is O=C1CC2C(CCN2Cc2ccsc2)N1CCO. The molecular weight excluding hydrogens is 248 g/mol. The van der Waals surface area contributed by atoms with Gasteiger partial charge in [0.25, 0.3) is 0 Å². The summed E-state index contributed by atoms with van der Waals surface area (Å²) in [5, 5.41) is 13.3. The van der Waals surface area contributed by atoms with Crippen LogP contribution in [0.15, 0.2) is 16.8 Å². The Morgan fingerprint density at radius 1 is 1.44 bits per heavy atom. The second kappa shape index (κ2) is 4.99. The highest BCUT2D eigenvalue weighted by molar-refractivity contribution is 7.07. The normalized spacial score (nSPS) is 28.1. The number of carbonyl (C=O) groups excluding carboxylic acids is 1. The molecule has 1 amide bonds. The number of carbonyl (C=O) groups is 1. The first-order valence-corrected chi connectivity index (χ1v) is 7.39. The lowest BCUT2D eigenvalue weighted by Crippen LogP contribution is -2.38. The average Bonchev–Trinajstić information content (AvgIpc) is 3.03. The van der Waals surface area contributed by atoms with Gasteiger partial charge in [-0.05, 0) is 28.8 Å². The minimum atomic E-state index is 0.0689. The summed E-state index contributed by atoms with van der Waals surface area (Å²) >= 11 is 1.72. The molecule has 5 heteroatoms. The van der Waals surface area contributed by atoms with E-state index in [2.05, 4.69) is 21.7 Å². The van der Waals surface area contributed by atoms with Crippen molar-refractivity contribution in [1.29, 1.82) is 0 Å². The number of β-amino-alcohol motifs (C(OH)–C–C–N with tert-alkyl or cyclic N) is 1. The predicted molar refractivity (Wildman–Crippen MR) is 70.3 cm³/mol. The molecule has 0 radical (unpaired) electrons. The van der Waals surface area contributed by atoms with Gasteiger partial charge in [-0.25, -0.2) is 0 Å². The van der Waals surface area contributed by atoms with Crippen LogP contribution in [0.3, 0.4) is 0 Å².